The Bertz CT molecular complexity index is 713. The highest BCUT2D eigenvalue weighted by atomic mass is 79.9. The van der Waals surface area contributed by atoms with Crippen LogP contribution in [0.3, 0.4) is 0 Å². The van der Waals surface area contributed by atoms with Crippen LogP contribution in [0.15, 0.2) is 28.9 Å². The first kappa shape index (κ1) is 13.5. The third kappa shape index (κ3) is 1.77. The van der Waals surface area contributed by atoms with Gasteiger partial charge in [0.05, 0.1) is 17.4 Å². The molecule has 0 bridgehead atoms. The van der Waals surface area contributed by atoms with Gasteiger partial charge in [0.25, 0.3) is 0 Å². The van der Waals surface area contributed by atoms with Gasteiger partial charge in [0.2, 0.25) is 0 Å². The van der Waals surface area contributed by atoms with Crippen LogP contribution in [0.1, 0.15) is 18.4 Å². The van der Waals surface area contributed by atoms with Crippen molar-refractivity contribution >= 4 is 32.5 Å². The number of ether oxygens (including phenoxy) is 1. The molecule has 4 nitrogen and oxygen atoms in total. The average molecular weight is 349 g/mol. The molecular weight excluding hydrogens is 332 g/mol. The Morgan fingerprint density at radius 1 is 1.38 bits per heavy atom. The van der Waals surface area contributed by atoms with E-state index in [1.165, 1.54) is 5.56 Å². The molecule has 0 aliphatic carbocycles. The van der Waals surface area contributed by atoms with E-state index in [0.717, 1.165) is 33.9 Å². The number of aliphatic hydroxyl groups excluding tert-OH is 1. The summed E-state index contributed by atoms with van der Waals surface area (Å²) in [6, 6.07) is 6.15. The van der Waals surface area contributed by atoms with Gasteiger partial charge in [0.15, 0.2) is 0 Å². The van der Waals surface area contributed by atoms with Crippen molar-refractivity contribution in [1.82, 2.24) is 4.98 Å². The van der Waals surface area contributed by atoms with Gasteiger partial charge >= 0.3 is 0 Å². The number of aromatic nitrogens is 1. The van der Waals surface area contributed by atoms with Crippen molar-refractivity contribution < 1.29 is 9.84 Å². The molecule has 2 aliphatic rings. The van der Waals surface area contributed by atoms with Gasteiger partial charge in [-0.15, -0.1) is 0 Å². The molecule has 1 aromatic carbocycles. The van der Waals surface area contributed by atoms with Gasteiger partial charge in [-0.05, 0) is 36.6 Å². The molecule has 110 valence electrons. The third-order valence-electron chi connectivity index (χ3n) is 4.93. The van der Waals surface area contributed by atoms with Crippen LogP contribution < -0.4 is 4.90 Å². The first-order chi connectivity index (χ1) is 10.1. The van der Waals surface area contributed by atoms with Crippen LogP contribution in [0.2, 0.25) is 0 Å². The van der Waals surface area contributed by atoms with Gasteiger partial charge in [-0.25, -0.2) is 0 Å². The van der Waals surface area contributed by atoms with E-state index < -0.39 is 6.23 Å². The number of rotatable bonds is 0. The molecule has 1 fully saturated rings. The summed E-state index contributed by atoms with van der Waals surface area (Å²) in [5, 5.41) is 12.0. The SMILES string of the molecule is CN1c2cnc3ccc(Br)cc3c2C2(CCOCC2)C1O. The van der Waals surface area contributed by atoms with E-state index in [2.05, 4.69) is 27.0 Å². The van der Waals surface area contributed by atoms with E-state index in [0.29, 0.717) is 13.2 Å². The topological polar surface area (TPSA) is 45.6 Å². The maximum Gasteiger partial charge on any atom is 0.136 e. The normalized spacial score (nSPS) is 23.8. The maximum atomic E-state index is 10.9. The monoisotopic (exact) mass is 348 g/mol. The third-order valence-corrected chi connectivity index (χ3v) is 5.43. The second-order valence-corrected chi connectivity index (χ2v) is 6.85. The van der Waals surface area contributed by atoms with Crippen LogP contribution in [-0.2, 0) is 10.2 Å². The van der Waals surface area contributed by atoms with Gasteiger partial charge in [-0.2, -0.15) is 0 Å². The summed E-state index contributed by atoms with van der Waals surface area (Å²) in [5.41, 5.74) is 3.00. The molecule has 1 spiro atoms. The van der Waals surface area contributed by atoms with E-state index in [-0.39, 0.29) is 5.41 Å². The zero-order chi connectivity index (χ0) is 14.6. The van der Waals surface area contributed by atoms with Gasteiger partial charge < -0.3 is 14.7 Å². The molecule has 1 saturated heterocycles. The van der Waals surface area contributed by atoms with Crippen LogP contribution >= 0.6 is 15.9 Å². The number of hydrogen-bond acceptors (Lipinski definition) is 4. The van der Waals surface area contributed by atoms with Crippen molar-refractivity contribution in [3.05, 3.63) is 34.4 Å². The maximum absolute atomic E-state index is 10.9. The standard InChI is InChI=1S/C16H17BrN2O2/c1-19-13-9-18-12-3-2-10(17)8-11(12)14(13)16(15(19)20)4-6-21-7-5-16/h2-3,8-9,15,20H,4-7H2,1H3. The first-order valence-corrected chi connectivity index (χ1v) is 8.00. The molecule has 4 rings (SSSR count). The summed E-state index contributed by atoms with van der Waals surface area (Å²) < 4.78 is 6.57. The summed E-state index contributed by atoms with van der Waals surface area (Å²) in [5.74, 6) is 0. The van der Waals surface area contributed by atoms with E-state index >= 15 is 0 Å². The number of hydrogen-bond donors (Lipinski definition) is 1. The summed E-state index contributed by atoms with van der Waals surface area (Å²) in [4.78, 5) is 6.50. The van der Waals surface area contributed by atoms with Gasteiger partial charge in [-0.3, -0.25) is 4.98 Å². The smallest absolute Gasteiger partial charge is 0.136 e. The fraction of sp³-hybridized carbons (Fsp3) is 0.438. The number of likely N-dealkylation sites (N-methyl/N-ethyl adjacent to an activating group) is 1. The molecule has 2 aliphatic heterocycles. The van der Waals surface area contributed by atoms with Crippen molar-refractivity contribution in [2.24, 2.45) is 0 Å². The molecule has 1 atom stereocenters. The molecule has 1 unspecified atom stereocenters. The van der Waals surface area contributed by atoms with Crippen molar-refractivity contribution in [2.75, 3.05) is 25.2 Å². The Labute approximate surface area is 131 Å². The largest absolute Gasteiger partial charge is 0.381 e. The number of aliphatic hydroxyl groups is 1. The molecule has 0 radical (unpaired) electrons. The molecular formula is C16H17BrN2O2. The van der Waals surface area contributed by atoms with E-state index in [1.54, 1.807) is 0 Å². The van der Waals surface area contributed by atoms with Crippen LogP contribution in [0.5, 0.6) is 0 Å². The van der Waals surface area contributed by atoms with E-state index in [1.807, 2.05) is 30.3 Å². The molecule has 0 amide bonds. The summed E-state index contributed by atoms with van der Waals surface area (Å²) in [7, 11) is 1.94. The Balaban J connectivity index is 2.05. The fourth-order valence-corrected chi connectivity index (χ4v) is 4.18. The lowest BCUT2D eigenvalue weighted by molar-refractivity contribution is -0.00629. The number of halogens is 1. The Morgan fingerprint density at radius 3 is 2.90 bits per heavy atom. The van der Waals surface area contributed by atoms with E-state index in [9.17, 15) is 5.11 Å². The minimum absolute atomic E-state index is 0.246. The van der Waals surface area contributed by atoms with Crippen LogP contribution in [0.4, 0.5) is 5.69 Å². The number of benzene rings is 1. The van der Waals surface area contributed by atoms with Crippen molar-refractivity contribution in [3.8, 4) is 0 Å². The van der Waals surface area contributed by atoms with Crippen molar-refractivity contribution in [1.29, 1.82) is 0 Å². The lowest BCUT2D eigenvalue weighted by Gasteiger charge is -2.38. The minimum atomic E-state index is -0.511. The molecule has 21 heavy (non-hydrogen) atoms. The molecule has 5 heteroatoms. The lowest BCUT2D eigenvalue weighted by Crippen LogP contribution is -2.46. The van der Waals surface area contributed by atoms with Gasteiger partial charge in [0, 0.05) is 35.5 Å². The zero-order valence-electron chi connectivity index (χ0n) is 11.8. The van der Waals surface area contributed by atoms with E-state index in [4.69, 9.17) is 4.74 Å². The summed E-state index contributed by atoms with van der Waals surface area (Å²) in [6.07, 6.45) is 3.07. The Kier molecular flexibility index (Phi) is 3.00. The summed E-state index contributed by atoms with van der Waals surface area (Å²) >= 11 is 3.55. The number of anilines is 1. The molecule has 0 saturated carbocycles. The second kappa shape index (κ2) is 4.66. The highest BCUT2D eigenvalue weighted by molar-refractivity contribution is 9.10. The van der Waals surface area contributed by atoms with Crippen molar-refractivity contribution in [2.45, 2.75) is 24.5 Å². The average Bonchev–Trinajstić information content (AvgIpc) is 2.71. The number of fused-ring (bicyclic) bond motifs is 4. The molecule has 1 aromatic heterocycles. The predicted octanol–water partition coefficient (Wildman–Crippen LogP) is 2.81. The van der Waals surface area contributed by atoms with Crippen LogP contribution in [-0.4, -0.2) is 36.6 Å². The summed E-state index contributed by atoms with van der Waals surface area (Å²) in [6.45, 7) is 1.39. The van der Waals surface area contributed by atoms with Gasteiger partial charge in [0.1, 0.15) is 6.23 Å². The van der Waals surface area contributed by atoms with Crippen LogP contribution in [0.25, 0.3) is 10.9 Å². The second-order valence-electron chi connectivity index (χ2n) is 5.93. The number of nitrogens with zero attached hydrogens (tertiary/aromatic N) is 2. The molecule has 2 aromatic rings. The lowest BCUT2D eigenvalue weighted by atomic mass is 9.73. The molecule has 1 N–H and O–H groups in total. The zero-order valence-corrected chi connectivity index (χ0v) is 13.4. The highest BCUT2D eigenvalue weighted by Crippen LogP contribution is 2.51. The fourth-order valence-electron chi connectivity index (χ4n) is 3.82. The van der Waals surface area contributed by atoms with Crippen LogP contribution in [0, 0.1) is 0 Å². The quantitative estimate of drug-likeness (QED) is 0.795. The minimum Gasteiger partial charge on any atom is -0.381 e. The van der Waals surface area contributed by atoms with Gasteiger partial charge in [-0.1, -0.05) is 15.9 Å². The number of pyridine rings is 1. The van der Waals surface area contributed by atoms with Crippen molar-refractivity contribution in [3.63, 3.8) is 0 Å². The molecule has 3 heterocycles. The Morgan fingerprint density at radius 2 is 2.14 bits per heavy atom. The first-order valence-electron chi connectivity index (χ1n) is 7.21. The predicted molar refractivity (Wildman–Crippen MR) is 85.6 cm³/mol. The Hall–Kier alpha value is -1.17. The highest BCUT2D eigenvalue weighted by Gasteiger charge is 2.51.